The normalized spacial score (nSPS) is 27.4. The lowest BCUT2D eigenvalue weighted by molar-refractivity contribution is -0.386. The van der Waals surface area contributed by atoms with Gasteiger partial charge in [-0.05, 0) is 51.4 Å². The van der Waals surface area contributed by atoms with Crippen LogP contribution in [0.4, 0.5) is 0 Å². The molecule has 3 saturated heterocycles. The Morgan fingerprint density at radius 1 is 0.541 bits per heavy atom. The summed E-state index contributed by atoms with van der Waals surface area (Å²) in [6.45, 7) is 2.16. The maximum absolute atomic E-state index is 13.5. The second-order valence-corrected chi connectivity index (χ2v) is 27.9. The van der Waals surface area contributed by atoms with Crippen LogP contribution in [0.15, 0.2) is 36.5 Å². The summed E-state index contributed by atoms with van der Waals surface area (Å²) < 4.78 is 34.9. The van der Waals surface area contributed by atoms with Crippen molar-refractivity contribution in [2.45, 2.75) is 394 Å². The number of ether oxygens (including phenoxy) is 6. The van der Waals surface area contributed by atoms with Gasteiger partial charge in [0.15, 0.2) is 12.6 Å². The first-order chi connectivity index (χ1) is 47.4. The number of amides is 2. The van der Waals surface area contributed by atoms with Gasteiger partial charge in [0.2, 0.25) is 11.8 Å². The third-order valence-corrected chi connectivity index (χ3v) is 19.3. The predicted octanol–water partition coefficient (Wildman–Crippen LogP) is 8.96. The first-order valence-electron chi connectivity index (χ1n) is 38.4. The molecule has 0 saturated carbocycles. The summed E-state index contributed by atoms with van der Waals surface area (Å²) in [6, 6.07) is -2.62. The Morgan fingerprint density at radius 2 is 0.990 bits per heavy atom. The zero-order chi connectivity index (χ0) is 71.8. The third-order valence-electron chi connectivity index (χ3n) is 19.3. The zero-order valence-electron chi connectivity index (χ0n) is 60.1. The number of aliphatic hydroxyl groups is 11. The highest BCUT2D eigenvalue weighted by molar-refractivity contribution is 5.77. The average molecular weight is 1400 g/mol. The predicted molar refractivity (Wildman–Crippen MR) is 375 cm³/mol. The van der Waals surface area contributed by atoms with Gasteiger partial charge in [-0.1, -0.05) is 249 Å². The molecule has 3 fully saturated rings. The Balaban J connectivity index is 1.55. The van der Waals surface area contributed by atoms with Crippen LogP contribution in [-0.4, -0.2) is 215 Å². The van der Waals surface area contributed by atoms with E-state index in [-0.39, 0.29) is 12.3 Å². The van der Waals surface area contributed by atoms with Crippen LogP contribution in [0.3, 0.4) is 0 Å². The minimum absolute atomic E-state index is 0.195. The molecule has 0 aromatic rings. The number of rotatable bonds is 59. The van der Waals surface area contributed by atoms with E-state index < -0.39 is 155 Å². The van der Waals surface area contributed by atoms with E-state index in [0.29, 0.717) is 12.8 Å². The molecule has 23 nitrogen and oxygen atoms in total. The first-order valence-corrected chi connectivity index (χ1v) is 38.4. The molecular weight excluding hydrogens is 1260 g/mol. The largest absolute Gasteiger partial charge is 0.477 e. The summed E-state index contributed by atoms with van der Waals surface area (Å²) in [5.74, 6) is -6.15. The Bertz CT molecular complexity index is 2110. The summed E-state index contributed by atoms with van der Waals surface area (Å²) in [7, 11) is 0. The number of carboxylic acids is 1. The van der Waals surface area contributed by atoms with Crippen molar-refractivity contribution >= 4 is 17.8 Å². The second-order valence-electron chi connectivity index (χ2n) is 27.9. The molecule has 98 heavy (non-hydrogen) atoms. The van der Waals surface area contributed by atoms with Crippen molar-refractivity contribution in [2.24, 2.45) is 0 Å². The van der Waals surface area contributed by atoms with Gasteiger partial charge in [-0.15, -0.1) is 0 Å². The van der Waals surface area contributed by atoms with Crippen LogP contribution in [-0.2, 0) is 42.8 Å². The molecule has 0 aromatic carbocycles. The van der Waals surface area contributed by atoms with Crippen LogP contribution in [0.2, 0.25) is 0 Å². The van der Waals surface area contributed by atoms with E-state index in [1.165, 1.54) is 180 Å². The van der Waals surface area contributed by atoms with Gasteiger partial charge in [0.1, 0.15) is 67.1 Å². The van der Waals surface area contributed by atoms with Crippen molar-refractivity contribution in [3.05, 3.63) is 36.5 Å². The van der Waals surface area contributed by atoms with Crippen LogP contribution < -0.4 is 10.6 Å². The number of nitrogens with one attached hydrogen (secondary N) is 2. The quantitative estimate of drug-likeness (QED) is 0.0199. The van der Waals surface area contributed by atoms with Gasteiger partial charge in [-0.2, -0.15) is 0 Å². The standard InChI is InChI=1S/C75H136N2O21/c1-4-6-8-10-12-14-16-18-20-22-24-25-26-27-28-29-31-33-35-37-39-41-43-45-47-49-62(85)77-56(57(82)48-46-44-42-40-38-36-34-32-30-23-21-19-17-15-13-11-9-7-5-2)54-93-72-67(89)66(88)69(61(53-80)95-72)96-73-68(90)71(65(87)60(52-79)94-73)98-75(74(91)92)50-58(83)63(76-55(3)81)70(97-75)64(86)59(84)51-78/h24-25,27-28,46,48,56-61,63-73,78-80,82-84,86-90H,4-23,26,29-45,47,49-54H2,1-3H3,(H,76,81)(H,77,85)(H,91,92)/b25-24-,28-27-,48-46+. The molecule has 14 N–H and O–H groups in total. The lowest BCUT2D eigenvalue weighted by atomic mass is 9.88. The molecule has 572 valence electrons. The topological polar surface area (TPSA) is 373 Å². The van der Waals surface area contributed by atoms with Crippen molar-refractivity contribution < 1.29 is 104 Å². The Morgan fingerprint density at radius 3 is 1.44 bits per heavy atom. The van der Waals surface area contributed by atoms with Crippen molar-refractivity contribution in [1.82, 2.24) is 10.6 Å². The van der Waals surface area contributed by atoms with Crippen LogP contribution >= 0.6 is 0 Å². The molecule has 2 amide bonds. The van der Waals surface area contributed by atoms with E-state index in [0.717, 1.165) is 64.7 Å². The number of aliphatic hydroxyl groups excluding tert-OH is 11. The molecule has 3 aliphatic rings. The maximum atomic E-state index is 13.5. The second kappa shape index (κ2) is 54.6. The molecule has 0 aliphatic carbocycles. The maximum Gasteiger partial charge on any atom is 0.364 e. The van der Waals surface area contributed by atoms with E-state index in [4.69, 9.17) is 28.4 Å². The van der Waals surface area contributed by atoms with E-state index in [2.05, 4.69) is 48.8 Å². The number of aliphatic carboxylic acids is 1. The molecule has 0 aromatic heterocycles. The first kappa shape index (κ1) is 89.2. The highest BCUT2D eigenvalue weighted by Gasteiger charge is 2.60. The molecule has 0 spiro atoms. The number of hydrogen-bond donors (Lipinski definition) is 14. The van der Waals surface area contributed by atoms with Crippen LogP contribution in [0.1, 0.15) is 284 Å². The molecule has 3 aliphatic heterocycles. The molecule has 23 heteroatoms. The van der Waals surface area contributed by atoms with Gasteiger partial charge in [-0.3, -0.25) is 9.59 Å². The van der Waals surface area contributed by atoms with Gasteiger partial charge in [0.05, 0.1) is 50.7 Å². The van der Waals surface area contributed by atoms with Crippen LogP contribution in [0.5, 0.6) is 0 Å². The highest BCUT2D eigenvalue weighted by atomic mass is 16.8. The fourth-order valence-corrected chi connectivity index (χ4v) is 13.2. The molecule has 3 rings (SSSR count). The molecular formula is C75H136N2O21. The van der Waals surface area contributed by atoms with Crippen molar-refractivity contribution in [3.63, 3.8) is 0 Å². The van der Waals surface area contributed by atoms with Gasteiger partial charge in [0, 0.05) is 19.8 Å². The Labute approximate surface area is 586 Å². The van der Waals surface area contributed by atoms with Crippen molar-refractivity contribution in [1.29, 1.82) is 0 Å². The summed E-state index contributed by atoms with van der Waals surface area (Å²) in [5, 5.41) is 136. The average Bonchev–Trinajstić information content (AvgIpc) is 0.756. The fourth-order valence-electron chi connectivity index (χ4n) is 13.2. The number of carbonyl (C=O) groups is 3. The Kier molecular flexibility index (Phi) is 49.7. The summed E-state index contributed by atoms with van der Waals surface area (Å²) >= 11 is 0. The lowest BCUT2D eigenvalue weighted by Crippen LogP contribution is -2.70. The minimum atomic E-state index is -3.08. The lowest BCUT2D eigenvalue weighted by Gasteiger charge is -2.50. The smallest absolute Gasteiger partial charge is 0.364 e. The van der Waals surface area contributed by atoms with Crippen LogP contribution in [0.25, 0.3) is 0 Å². The van der Waals surface area contributed by atoms with Gasteiger partial charge in [0.25, 0.3) is 5.79 Å². The van der Waals surface area contributed by atoms with E-state index in [1.807, 2.05) is 6.08 Å². The molecule has 0 radical (unpaired) electrons. The summed E-state index contributed by atoms with van der Waals surface area (Å²) in [5.41, 5.74) is 0. The van der Waals surface area contributed by atoms with Crippen molar-refractivity contribution in [3.8, 4) is 0 Å². The van der Waals surface area contributed by atoms with Gasteiger partial charge >= 0.3 is 5.97 Å². The zero-order valence-corrected chi connectivity index (χ0v) is 60.1. The summed E-state index contributed by atoms with van der Waals surface area (Å²) in [6.07, 6.45) is 30.3. The van der Waals surface area contributed by atoms with Gasteiger partial charge < -0.3 is 100 Å². The SMILES string of the molecule is CCCCCCCCCCC/C=C\C/C=C\CCCCCCCCCCCC(=O)NC(COC1OC(CO)C(OC2OC(CO)C(O)C(OC3(C(=O)O)CC(O)C(NC(C)=O)C(C(O)C(O)CO)O3)C2O)C(O)C1O)C(O)/C=C/CCCCCCCCCCCCCCCCCCC. The third kappa shape index (κ3) is 35.4. The number of carboxylic acid groups (broad SMARTS) is 1. The van der Waals surface area contributed by atoms with Gasteiger partial charge in [-0.25, -0.2) is 4.79 Å². The monoisotopic (exact) mass is 1400 g/mol. The summed E-state index contributed by atoms with van der Waals surface area (Å²) in [4.78, 5) is 38.6. The van der Waals surface area contributed by atoms with Crippen LogP contribution in [0, 0.1) is 0 Å². The Hall–Kier alpha value is -3.05. The number of hydrogen-bond acceptors (Lipinski definition) is 20. The van der Waals surface area contributed by atoms with E-state index >= 15 is 0 Å². The number of carbonyl (C=O) groups excluding carboxylic acids is 2. The molecule has 18 atom stereocenters. The highest BCUT2D eigenvalue weighted by Crippen LogP contribution is 2.39. The molecule has 18 unspecified atom stereocenters. The fraction of sp³-hybridized carbons (Fsp3) is 0.880. The number of allylic oxidation sites excluding steroid dienone is 5. The number of unbranched alkanes of at least 4 members (excludes halogenated alkanes) is 35. The molecule has 0 bridgehead atoms. The molecule has 3 heterocycles. The minimum Gasteiger partial charge on any atom is -0.477 e. The van der Waals surface area contributed by atoms with E-state index in [9.17, 15) is 75.7 Å². The van der Waals surface area contributed by atoms with E-state index in [1.54, 1.807) is 6.08 Å². The van der Waals surface area contributed by atoms with Crippen molar-refractivity contribution in [2.75, 3.05) is 26.4 Å².